The monoisotopic (exact) mass is 318 g/mol. The van der Waals surface area contributed by atoms with Crippen molar-refractivity contribution in [2.45, 2.75) is 32.2 Å². The number of carboxylic acid groups (broad SMARTS) is 1. The number of aliphatic carboxylic acids is 1. The van der Waals surface area contributed by atoms with Gasteiger partial charge >= 0.3 is 5.97 Å². The van der Waals surface area contributed by atoms with Crippen LogP contribution in [0.4, 0.5) is 0 Å². The Bertz CT molecular complexity index is 551. The van der Waals surface area contributed by atoms with Crippen LogP contribution in [0.3, 0.4) is 0 Å². The summed E-state index contributed by atoms with van der Waals surface area (Å²) in [5, 5.41) is 11.5. The predicted octanol–water partition coefficient (Wildman–Crippen LogP) is 1.41. The molecule has 2 rings (SSSR count). The van der Waals surface area contributed by atoms with Gasteiger partial charge in [0, 0.05) is 32.0 Å². The van der Waals surface area contributed by atoms with Gasteiger partial charge in [-0.3, -0.25) is 14.4 Å². The molecule has 0 spiro atoms. The van der Waals surface area contributed by atoms with Gasteiger partial charge in [-0.1, -0.05) is 30.3 Å². The SMILES string of the molecule is O=C(O)CCC(=O)N1CCC(C(=O)NCc2ccccc2)CC1. The van der Waals surface area contributed by atoms with E-state index in [0.29, 0.717) is 32.5 Å². The van der Waals surface area contributed by atoms with Crippen LogP contribution in [0.1, 0.15) is 31.2 Å². The van der Waals surface area contributed by atoms with Crippen molar-refractivity contribution in [2.75, 3.05) is 13.1 Å². The molecule has 1 aromatic rings. The minimum absolute atomic E-state index is 0.0199. The van der Waals surface area contributed by atoms with Crippen LogP contribution in [-0.4, -0.2) is 40.9 Å². The van der Waals surface area contributed by atoms with Gasteiger partial charge in [-0.05, 0) is 18.4 Å². The Morgan fingerprint density at radius 1 is 1.09 bits per heavy atom. The second-order valence-corrected chi connectivity index (χ2v) is 5.75. The molecule has 124 valence electrons. The highest BCUT2D eigenvalue weighted by molar-refractivity contribution is 5.82. The van der Waals surface area contributed by atoms with Crippen LogP contribution < -0.4 is 5.32 Å². The van der Waals surface area contributed by atoms with Crippen molar-refractivity contribution in [3.63, 3.8) is 0 Å². The Morgan fingerprint density at radius 3 is 2.35 bits per heavy atom. The van der Waals surface area contributed by atoms with Gasteiger partial charge in [-0.15, -0.1) is 0 Å². The second-order valence-electron chi connectivity index (χ2n) is 5.75. The Morgan fingerprint density at radius 2 is 1.74 bits per heavy atom. The van der Waals surface area contributed by atoms with E-state index in [0.717, 1.165) is 5.56 Å². The zero-order valence-corrected chi connectivity index (χ0v) is 13.0. The fourth-order valence-corrected chi connectivity index (χ4v) is 2.69. The molecule has 1 heterocycles. The molecule has 2 amide bonds. The van der Waals surface area contributed by atoms with Crippen LogP contribution in [0, 0.1) is 5.92 Å². The normalized spacial score (nSPS) is 15.2. The van der Waals surface area contributed by atoms with Crippen molar-refractivity contribution in [3.8, 4) is 0 Å². The zero-order valence-electron chi connectivity index (χ0n) is 13.0. The lowest BCUT2D eigenvalue weighted by Crippen LogP contribution is -2.43. The fourth-order valence-electron chi connectivity index (χ4n) is 2.69. The minimum Gasteiger partial charge on any atom is -0.481 e. The van der Waals surface area contributed by atoms with Crippen LogP contribution in [0.5, 0.6) is 0 Å². The number of nitrogens with zero attached hydrogens (tertiary/aromatic N) is 1. The van der Waals surface area contributed by atoms with Crippen molar-refractivity contribution < 1.29 is 19.5 Å². The summed E-state index contributed by atoms with van der Waals surface area (Å²) in [6.45, 7) is 1.54. The Labute approximate surface area is 135 Å². The molecule has 1 aromatic carbocycles. The Balaban J connectivity index is 1.72. The molecule has 0 aliphatic carbocycles. The van der Waals surface area contributed by atoms with Crippen molar-refractivity contribution in [1.29, 1.82) is 0 Å². The lowest BCUT2D eigenvalue weighted by Gasteiger charge is -2.31. The summed E-state index contributed by atoms with van der Waals surface area (Å²) in [6, 6.07) is 9.72. The largest absolute Gasteiger partial charge is 0.481 e. The maximum absolute atomic E-state index is 12.2. The number of carboxylic acids is 1. The molecule has 1 aliphatic rings. The van der Waals surface area contributed by atoms with E-state index in [1.165, 1.54) is 0 Å². The third-order valence-corrected chi connectivity index (χ3v) is 4.08. The van der Waals surface area contributed by atoms with Crippen molar-refractivity contribution in [1.82, 2.24) is 10.2 Å². The highest BCUT2D eigenvalue weighted by atomic mass is 16.4. The van der Waals surface area contributed by atoms with Crippen molar-refractivity contribution in [2.24, 2.45) is 5.92 Å². The number of piperidine rings is 1. The maximum Gasteiger partial charge on any atom is 0.303 e. The van der Waals surface area contributed by atoms with Crippen molar-refractivity contribution in [3.05, 3.63) is 35.9 Å². The summed E-state index contributed by atoms with van der Waals surface area (Å²) >= 11 is 0. The number of hydrogen-bond acceptors (Lipinski definition) is 3. The molecule has 0 unspecified atom stereocenters. The standard InChI is InChI=1S/C17H22N2O4/c20-15(6-7-16(21)22)19-10-8-14(9-11-19)17(23)18-12-13-4-2-1-3-5-13/h1-5,14H,6-12H2,(H,18,23)(H,21,22). The lowest BCUT2D eigenvalue weighted by molar-refractivity contribution is -0.141. The van der Waals surface area contributed by atoms with Crippen LogP contribution in [0.2, 0.25) is 0 Å². The molecular weight excluding hydrogens is 296 g/mol. The van der Waals surface area contributed by atoms with Gasteiger partial charge in [0.05, 0.1) is 6.42 Å². The van der Waals surface area contributed by atoms with E-state index < -0.39 is 5.97 Å². The first-order valence-corrected chi connectivity index (χ1v) is 7.87. The van der Waals surface area contributed by atoms with E-state index in [1.807, 2.05) is 30.3 Å². The molecule has 0 bridgehead atoms. The van der Waals surface area contributed by atoms with Crippen molar-refractivity contribution >= 4 is 17.8 Å². The van der Waals surface area contributed by atoms with Gasteiger partial charge in [-0.25, -0.2) is 0 Å². The first-order chi connectivity index (χ1) is 11.1. The number of likely N-dealkylation sites (tertiary alicyclic amines) is 1. The van der Waals surface area contributed by atoms with Gasteiger partial charge in [0.25, 0.3) is 0 Å². The summed E-state index contributed by atoms with van der Waals surface area (Å²) in [4.78, 5) is 36.2. The van der Waals surface area contributed by atoms with E-state index >= 15 is 0 Å². The van der Waals surface area contributed by atoms with E-state index in [1.54, 1.807) is 4.90 Å². The molecule has 0 radical (unpaired) electrons. The number of carbonyl (C=O) groups excluding carboxylic acids is 2. The van der Waals surface area contributed by atoms with E-state index in [2.05, 4.69) is 5.32 Å². The van der Waals surface area contributed by atoms with Gasteiger partial charge in [0.1, 0.15) is 0 Å². The van der Waals surface area contributed by atoms with Gasteiger partial charge in [0.15, 0.2) is 0 Å². The molecule has 6 heteroatoms. The molecule has 1 fully saturated rings. The average Bonchev–Trinajstić information content (AvgIpc) is 2.58. The number of hydrogen-bond donors (Lipinski definition) is 2. The van der Waals surface area contributed by atoms with E-state index in [-0.39, 0.29) is 30.6 Å². The number of rotatable bonds is 6. The molecule has 0 aromatic heterocycles. The highest BCUT2D eigenvalue weighted by Crippen LogP contribution is 2.18. The van der Waals surface area contributed by atoms with Crippen LogP contribution in [0.25, 0.3) is 0 Å². The fraction of sp³-hybridized carbons (Fsp3) is 0.471. The third kappa shape index (κ3) is 5.39. The molecule has 1 aliphatic heterocycles. The zero-order chi connectivity index (χ0) is 16.7. The first kappa shape index (κ1) is 17.0. The smallest absolute Gasteiger partial charge is 0.303 e. The maximum atomic E-state index is 12.2. The van der Waals surface area contributed by atoms with Gasteiger partial charge < -0.3 is 15.3 Å². The van der Waals surface area contributed by atoms with E-state index in [4.69, 9.17) is 5.11 Å². The van der Waals surface area contributed by atoms with Crippen LogP contribution in [0.15, 0.2) is 30.3 Å². The number of nitrogens with one attached hydrogen (secondary N) is 1. The number of amides is 2. The molecule has 23 heavy (non-hydrogen) atoms. The third-order valence-electron chi connectivity index (χ3n) is 4.08. The first-order valence-electron chi connectivity index (χ1n) is 7.87. The van der Waals surface area contributed by atoms with Gasteiger partial charge in [0.2, 0.25) is 11.8 Å². The summed E-state index contributed by atoms with van der Waals surface area (Å²) in [7, 11) is 0. The number of benzene rings is 1. The molecule has 6 nitrogen and oxygen atoms in total. The Kier molecular flexibility index (Phi) is 6.14. The van der Waals surface area contributed by atoms with E-state index in [9.17, 15) is 14.4 Å². The topological polar surface area (TPSA) is 86.7 Å². The Hall–Kier alpha value is -2.37. The van der Waals surface area contributed by atoms with Crippen LogP contribution in [-0.2, 0) is 20.9 Å². The minimum atomic E-state index is -0.964. The summed E-state index contributed by atoms with van der Waals surface area (Å²) in [6.07, 6.45) is 1.13. The summed E-state index contributed by atoms with van der Waals surface area (Å²) in [5.74, 6) is -1.17. The molecule has 2 N–H and O–H groups in total. The molecular formula is C17H22N2O4. The summed E-state index contributed by atoms with van der Waals surface area (Å²) in [5.41, 5.74) is 1.06. The predicted molar refractivity (Wildman–Crippen MR) is 84.5 cm³/mol. The number of carbonyl (C=O) groups is 3. The highest BCUT2D eigenvalue weighted by Gasteiger charge is 2.27. The summed E-state index contributed by atoms with van der Waals surface area (Å²) < 4.78 is 0. The quantitative estimate of drug-likeness (QED) is 0.830. The van der Waals surface area contributed by atoms with Crippen LogP contribution >= 0.6 is 0 Å². The second kappa shape index (κ2) is 8.31. The van der Waals surface area contributed by atoms with Gasteiger partial charge in [-0.2, -0.15) is 0 Å². The molecule has 0 saturated carbocycles. The lowest BCUT2D eigenvalue weighted by atomic mass is 9.95. The average molecular weight is 318 g/mol. The molecule has 1 saturated heterocycles. The molecule has 0 atom stereocenters.